The Hall–Kier alpha value is -3.18. The quantitative estimate of drug-likeness (QED) is 0.505. The summed E-state index contributed by atoms with van der Waals surface area (Å²) in [7, 11) is -2.83. The summed E-state index contributed by atoms with van der Waals surface area (Å²) >= 11 is 0. The zero-order valence-electron chi connectivity index (χ0n) is 17.3. The Morgan fingerprint density at radius 2 is 1.87 bits per heavy atom. The van der Waals surface area contributed by atoms with Crippen molar-refractivity contribution in [2.45, 2.75) is 33.3 Å². The molecule has 0 amide bonds. The Kier molecular flexibility index (Phi) is 6.18. The highest BCUT2D eigenvalue weighted by Gasteiger charge is 2.34. The van der Waals surface area contributed by atoms with Gasteiger partial charge in [-0.15, -0.1) is 0 Å². The highest BCUT2D eigenvalue weighted by Crippen LogP contribution is 2.41. The minimum Gasteiger partial charge on any atom is -0.493 e. The van der Waals surface area contributed by atoms with Gasteiger partial charge in [-0.3, -0.25) is 10.1 Å². The van der Waals surface area contributed by atoms with Crippen LogP contribution in [-0.2, 0) is 28.2 Å². The Morgan fingerprint density at radius 1 is 1.19 bits per heavy atom. The molecule has 31 heavy (non-hydrogen) atoms. The van der Waals surface area contributed by atoms with Crippen LogP contribution >= 0.6 is 0 Å². The molecule has 0 aromatic heterocycles. The van der Waals surface area contributed by atoms with Gasteiger partial charge in [0.2, 0.25) is 0 Å². The van der Waals surface area contributed by atoms with Crippen LogP contribution in [0.4, 0.5) is 5.69 Å². The fraction of sp³-hybridized carbons (Fsp3) is 0.350. The molecule has 11 heteroatoms. The number of fused-ring (bicyclic) bond motifs is 1. The average Bonchev–Trinajstić information content (AvgIpc) is 2.68. The summed E-state index contributed by atoms with van der Waals surface area (Å²) in [5.74, 6) is 0.211. The molecule has 0 unspecified atom stereocenters. The van der Waals surface area contributed by atoms with Gasteiger partial charge in [-0.25, -0.2) is 0 Å². The minimum atomic E-state index is -4.24. The number of nitro groups is 1. The Balaban J connectivity index is 1.92. The van der Waals surface area contributed by atoms with E-state index in [2.05, 4.69) is 5.16 Å². The average molecular weight is 449 g/mol. The first-order valence-electron chi connectivity index (χ1n) is 9.37. The molecule has 0 spiro atoms. The SMILES string of the molecule is COc1cc2c(cc1OS(N)(=O)=O)/C(=N/OCc1ccc([N+](=O)[O-])cc1)C(C)(C)CC2. The van der Waals surface area contributed by atoms with E-state index in [1.54, 1.807) is 18.2 Å². The highest BCUT2D eigenvalue weighted by atomic mass is 32.2. The second-order valence-electron chi connectivity index (χ2n) is 7.76. The van der Waals surface area contributed by atoms with E-state index in [9.17, 15) is 18.5 Å². The number of nitrogens with two attached hydrogens (primary N) is 1. The minimum absolute atomic E-state index is 0.00580. The van der Waals surface area contributed by atoms with Crippen LogP contribution in [0.15, 0.2) is 41.6 Å². The number of oxime groups is 1. The number of hydrogen-bond acceptors (Lipinski definition) is 8. The lowest BCUT2D eigenvalue weighted by Gasteiger charge is -2.33. The molecule has 1 aliphatic rings. The topological polar surface area (TPSA) is 143 Å². The smallest absolute Gasteiger partial charge is 0.380 e. The maximum atomic E-state index is 11.4. The van der Waals surface area contributed by atoms with Crippen molar-refractivity contribution in [3.05, 3.63) is 63.2 Å². The predicted molar refractivity (Wildman–Crippen MR) is 113 cm³/mol. The maximum absolute atomic E-state index is 11.4. The number of benzene rings is 2. The van der Waals surface area contributed by atoms with Crippen molar-refractivity contribution in [2.24, 2.45) is 15.7 Å². The van der Waals surface area contributed by atoms with Crippen LogP contribution in [0.1, 0.15) is 37.0 Å². The third kappa shape index (κ3) is 5.30. The van der Waals surface area contributed by atoms with Crippen LogP contribution in [-0.4, -0.2) is 26.2 Å². The van der Waals surface area contributed by atoms with E-state index in [-0.39, 0.29) is 29.2 Å². The standard InChI is InChI=1S/C20H23N3O7S/c1-20(2)9-8-14-10-17(28-3)18(30-31(21,26)27)11-16(14)19(20)22-29-12-13-4-6-15(7-5-13)23(24)25/h4-7,10-11H,8-9,12H2,1-3H3,(H2,21,26,27)/b22-19-. The van der Waals surface area contributed by atoms with Crippen LogP contribution in [0.2, 0.25) is 0 Å². The van der Waals surface area contributed by atoms with Crippen molar-refractivity contribution in [1.29, 1.82) is 0 Å². The van der Waals surface area contributed by atoms with Gasteiger partial charge in [-0.1, -0.05) is 19.0 Å². The second kappa shape index (κ2) is 8.52. The summed E-state index contributed by atoms with van der Waals surface area (Å²) in [5, 5.41) is 20.1. The van der Waals surface area contributed by atoms with Gasteiger partial charge in [0.05, 0.1) is 17.7 Å². The lowest BCUT2D eigenvalue weighted by molar-refractivity contribution is -0.384. The maximum Gasteiger partial charge on any atom is 0.380 e. The molecule has 3 rings (SSSR count). The van der Waals surface area contributed by atoms with Gasteiger partial charge in [-0.05, 0) is 48.2 Å². The summed E-state index contributed by atoms with van der Waals surface area (Å²) in [6.07, 6.45) is 1.52. The Labute approximate surface area is 180 Å². The van der Waals surface area contributed by atoms with E-state index in [1.165, 1.54) is 25.3 Å². The van der Waals surface area contributed by atoms with E-state index >= 15 is 0 Å². The van der Waals surface area contributed by atoms with E-state index in [4.69, 9.17) is 18.9 Å². The zero-order chi connectivity index (χ0) is 22.8. The molecule has 10 nitrogen and oxygen atoms in total. The fourth-order valence-corrected chi connectivity index (χ4v) is 3.75. The van der Waals surface area contributed by atoms with E-state index < -0.39 is 15.2 Å². The fourth-order valence-electron chi connectivity index (χ4n) is 3.37. The normalized spacial score (nSPS) is 16.5. The van der Waals surface area contributed by atoms with E-state index in [0.717, 1.165) is 24.0 Å². The van der Waals surface area contributed by atoms with Gasteiger partial charge in [0, 0.05) is 23.1 Å². The van der Waals surface area contributed by atoms with Crippen molar-refractivity contribution >= 4 is 21.7 Å². The molecule has 0 bridgehead atoms. The third-order valence-electron chi connectivity index (χ3n) is 5.05. The lowest BCUT2D eigenvalue weighted by Crippen LogP contribution is -2.31. The Morgan fingerprint density at radius 3 is 2.45 bits per heavy atom. The summed E-state index contributed by atoms with van der Waals surface area (Å²) in [6.45, 7) is 4.13. The van der Waals surface area contributed by atoms with E-state index in [0.29, 0.717) is 11.3 Å². The summed E-state index contributed by atoms with van der Waals surface area (Å²) < 4.78 is 33.0. The molecule has 2 aromatic carbocycles. The van der Waals surface area contributed by atoms with Crippen LogP contribution < -0.4 is 14.1 Å². The van der Waals surface area contributed by atoms with Gasteiger partial charge in [0.1, 0.15) is 6.61 Å². The highest BCUT2D eigenvalue weighted by molar-refractivity contribution is 7.84. The number of aryl methyl sites for hydroxylation is 1. The number of rotatable bonds is 7. The van der Waals surface area contributed by atoms with E-state index in [1.807, 2.05) is 13.8 Å². The molecular weight excluding hydrogens is 426 g/mol. The van der Waals surface area contributed by atoms with Crippen molar-refractivity contribution in [3.63, 3.8) is 0 Å². The number of nitrogens with zero attached hydrogens (tertiary/aromatic N) is 2. The second-order valence-corrected chi connectivity index (χ2v) is 8.91. The summed E-state index contributed by atoms with van der Waals surface area (Å²) in [5.41, 5.74) is 2.58. The molecule has 0 atom stereocenters. The predicted octanol–water partition coefficient (Wildman–Crippen LogP) is 3.08. The van der Waals surface area contributed by atoms with Crippen LogP contribution in [0.5, 0.6) is 11.5 Å². The van der Waals surface area contributed by atoms with Gasteiger partial charge in [0.15, 0.2) is 11.5 Å². The first-order chi connectivity index (χ1) is 14.5. The molecule has 0 saturated carbocycles. The number of nitro benzene ring substituents is 1. The number of hydrogen-bond donors (Lipinski definition) is 1. The van der Waals surface area contributed by atoms with Crippen LogP contribution in [0.25, 0.3) is 0 Å². The van der Waals surface area contributed by atoms with Crippen molar-refractivity contribution in [2.75, 3.05) is 7.11 Å². The van der Waals surface area contributed by atoms with Crippen molar-refractivity contribution in [3.8, 4) is 11.5 Å². The zero-order valence-corrected chi connectivity index (χ0v) is 18.1. The van der Waals surface area contributed by atoms with Crippen LogP contribution in [0.3, 0.4) is 0 Å². The largest absolute Gasteiger partial charge is 0.493 e. The molecule has 0 saturated heterocycles. The van der Waals surface area contributed by atoms with Gasteiger partial charge < -0.3 is 13.8 Å². The monoisotopic (exact) mass is 449 g/mol. The first kappa shape index (κ1) is 22.5. The molecule has 0 aliphatic heterocycles. The van der Waals surface area contributed by atoms with Gasteiger partial charge in [0.25, 0.3) is 5.69 Å². The van der Waals surface area contributed by atoms with Crippen LogP contribution in [0, 0.1) is 15.5 Å². The summed E-state index contributed by atoms with van der Waals surface area (Å²) in [4.78, 5) is 15.9. The lowest BCUT2D eigenvalue weighted by atomic mass is 9.72. The van der Waals surface area contributed by atoms with Crippen molar-refractivity contribution in [1.82, 2.24) is 0 Å². The molecule has 1 aliphatic carbocycles. The molecule has 2 N–H and O–H groups in total. The number of ether oxygens (including phenoxy) is 1. The molecule has 0 radical (unpaired) electrons. The Bertz CT molecular complexity index is 1130. The number of methoxy groups -OCH3 is 1. The molecule has 0 fully saturated rings. The molecular formula is C20H23N3O7S. The van der Waals surface area contributed by atoms with Gasteiger partial charge >= 0.3 is 10.3 Å². The summed E-state index contributed by atoms with van der Waals surface area (Å²) in [6, 6.07) is 9.23. The molecule has 166 valence electrons. The molecule has 0 heterocycles. The van der Waals surface area contributed by atoms with Crippen molar-refractivity contribution < 1.29 is 27.1 Å². The third-order valence-corrected chi connectivity index (χ3v) is 5.46. The first-order valence-corrected chi connectivity index (χ1v) is 10.8. The molecule has 2 aromatic rings. The van der Waals surface area contributed by atoms with Gasteiger partial charge in [-0.2, -0.15) is 13.6 Å². The number of non-ortho nitro benzene ring substituents is 1.